The van der Waals surface area contributed by atoms with Crippen molar-refractivity contribution >= 4 is 17.2 Å². The van der Waals surface area contributed by atoms with E-state index in [1.165, 1.54) is 6.07 Å². The summed E-state index contributed by atoms with van der Waals surface area (Å²) in [5.74, 6) is -0.696. The molecule has 0 unspecified atom stereocenters. The summed E-state index contributed by atoms with van der Waals surface area (Å²) in [7, 11) is 0. The Labute approximate surface area is 109 Å². The summed E-state index contributed by atoms with van der Waals surface area (Å²) in [6.07, 6.45) is 0. The van der Waals surface area contributed by atoms with E-state index < -0.39 is 11.6 Å². The molecule has 0 amide bonds. The number of halogens is 2. The maximum absolute atomic E-state index is 13.5. The SMILES string of the molecule is CCOc1nc(Nc2ccc(F)cc2F)ccc1N. The standard InChI is InChI=1S/C13H13F2N3O/c1-2-19-13-10(16)4-6-12(18-13)17-11-5-3-8(14)7-9(11)15/h3-7H,2,16H2,1H3,(H,17,18). The summed E-state index contributed by atoms with van der Waals surface area (Å²) in [6, 6.07) is 6.43. The third-order valence-corrected chi connectivity index (χ3v) is 2.36. The summed E-state index contributed by atoms with van der Waals surface area (Å²) in [5.41, 5.74) is 6.20. The quantitative estimate of drug-likeness (QED) is 0.891. The molecule has 0 radical (unpaired) electrons. The zero-order valence-corrected chi connectivity index (χ0v) is 10.3. The van der Waals surface area contributed by atoms with Crippen LogP contribution in [0.3, 0.4) is 0 Å². The minimum absolute atomic E-state index is 0.126. The molecular weight excluding hydrogens is 252 g/mol. The first-order chi connectivity index (χ1) is 9.10. The maximum Gasteiger partial charge on any atom is 0.239 e. The topological polar surface area (TPSA) is 60.2 Å². The van der Waals surface area contributed by atoms with Gasteiger partial charge >= 0.3 is 0 Å². The molecule has 1 heterocycles. The Kier molecular flexibility index (Phi) is 3.79. The van der Waals surface area contributed by atoms with Crippen LogP contribution in [0.15, 0.2) is 30.3 Å². The van der Waals surface area contributed by atoms with Gasteiger partial charge in [-0.1, -0.05) is 0 Å². The number of rotatable bonds is 4. The molecule has 0 saturated heterocycles. The predicted molar refractivity (Wildman–Crippen MR) is 69.5 cm³/mol. The molecule has 0 fully saturated rings. The Hall–Kier alpha value is -2.37. The van der Waals surface area contributed by atoms with Gasteiger partial charge in [0, 0.05) is 6.07 Å². The molecule has 19 heavy (non-hydrogen) atoms. The van der Waals surface area contributed by atoms with Gasteiger partial charge in [-0.15, -0.1) is 0 Å². The molecule has 0 spiro atoms. The first-order valence-electron chi connectivity index (χ1n) is 5.71. The highest BCUT2D eigenvalue weighted by Crippen LogP contribution is 2.24. The fraction of sp³-hybridized carbons (Fsp3) is 0.154. The second-order valence-electron chi connectivity index (χ2n) is 3.77. The van der Waals surface area contributed by atoms with E-state index in [-0.39, 0.29) is 11.6 Å². The van der Waals surface area contributed by atoms with Crippen LogP contribution in [0.1, 0.15) is 6.92 Å². The monoisotopic (exact) mass is 265 g/mol. The molecule has 0 aliphatic heterocycles. The number of hydrogen-bond acceptors (Lipinski definition) is 4. The summed E-state index contributed by atoms with van der Waals surface area (Å²) >= 11 is 0. The Morgan fingerprint density at radius 3 is 2.74 bits per heavy atom. The van der Waals surface area contributed by atoms with Gasteiger partial charge in [-0.25, -0.2) is 8.78 Å². The van der Waals surface area contributed by atoms with Gasteiger partial charge in [0.25, 0.3) is 0 Å². The molecule has 1 aromatic heterocycles. The minimum atomic E-state index is -0.698. The van der Waals surface area contributed by atoms with Crippen LogP contribution < -0.4 is 15.8 Å². The second kappa shape index (κ2) is 5.51. The lowest BCUT2D eigenvalue weighted by Gasteiger charge is -2.10. The van der Waals surface area contributed by atoms with Gasteiger partial charge in [-0.3, -0.25) is 0 Å². The molecule has 0 atom stereocenters. The fourth-order valence-corrected chi connectivity index (χ4v) is 1.50. The van der Waals surface area contributed by atoms with E-state index >= 15 is 0 Å². The number of ether oxygens (including phenoxy) is 1. The van der Waals surface area contributed by atoms with Crippen molar-refractivity contribution in [3.8, 4) is 5.88 Å². The van der Waals surface area contributed by atoms with Crippen molar-refractivity contribution < 1.29 is 13.5 Å². The Bertz CT molecular complexity index is 590. The van der Waals surface area contributed by atoms with Crippen LogP contribution in [0.5, 0.6) is 5.88 Å². The number of nitrogens with one attached hydrogen (secondary N) is 1. The lowest BCUT2D eigenvalue weighted by atomic mass is 10.3. The van der Waals surface area contributed by atoms with Gasteiger partial charge < -0.3 is 15.8 Å². The van der Waals surface area contributed by atoms with E-state index in [1.807, 2.05) is 0 Å². The maximum atomic E-state index is 13.5. The largest absolute Gasteiger partial charge is 0.476 e. The van der Waals surface area contributed by atoms with Gasteiger partial charge in [-0.05, 0) is 31.2 Å². The molecule has 2 rings (SSSR count). The number of nitrogens with two attached hydrogens (primary N) is 1. The number of nitrogen functional groups attached to an aromatic ring is 1. The smallest absolute Gasteiger partial charge is 0.239 e. The second-order valence-corrected chi connectivity index (χ2v) is 3.77. The number of nitrogens with zero attached hydrogens (tertiary/aromatic N) is 1. The Morgan fingerprint density at radius 1 is 1.26 bits per heavy atom. The van der Waals surface area contributed by atoms with E-state index in [0.717, 1.165) is 12.1 Å². The molecule has 3 N–H and O–H groups in total. The number of hydrogen-bond donors (Lipinski definition) is 2. The van der Waals surface area contributed by atoms with Crippen molar-refractivity contribution in [3.05, 3.63) is 42.0 Å². The summed E-state index contributed by atoms with van der Waals surface area (Å²) in [5, 5.41) is 2.74. The fourth-order valence-electron chi connectivity index (χ4n) is 1.50. The summed E-state index contributed by atoms with van der Waals surface area (Å²) in [6.45, 7) is 2.23. The van der Waals surface area contributed by atoms with Crippen molar-refractivity contribution in [1.82, 2.24) is 4.98 Å². The number of benzene rings is 1. The van der Waals surface area contributed by atoms with Crippen molar-refractivity contribution in [1.29, 1.82) is 0 Å². The Balaban J connectivity index is 2.25. The van der Waals surface area contributed by atoms with E-state index in [4.69, 9.17) is 10.5 Å². The molecular formula is C13H13F2N3O. The van der Waals surface area contributed by atoms with Gasteiger partial charge in [0.2, 0.25) is 5.88 Å². The third-order valence-electron chi connectivity index (χ3n) is 2.36. The van der Waals surface area contributed by atoms with Crippen molar-refractivity contribution in [2.24, 2.45) is 0 Å². The molecule has 6 heteroatoms. The molecule has 100 valence electrons. The number of pyridine rings is 1. The lowest BCUT2D eigenvalue weighted by molar-refractivity contribution is 0.329. The normalized spacial score (nSPS) is 10.3. The van der Waals surface area contributed by atoms with E-state index in [1.54, 1.807) is 19.1 Å². The molecule has 4 nitrogen and oxygen atoms in total. The zero-order valence-electron chi connectivity index (χ0n) is 10.3. The van der Waals surface area contributed by atoms with E-state index in [0.29, 0.717) is 18.1 Å². The van der Waals surface area contributed by atoms with Crippen molar-refractivity contribution in [2.45, 2.75) is 6.92 Å². The molecule has 1 aromatic carbocycles. The lowest BCUT2D eigenvalue weighted by Crippen LogP contribution is -2.02. The molecule has 0 bridgehead atoms. The van der Waals surface area contributed by atoms with Crippen LogP contribution >= 0.6 is 0 Å². The molecule has 0 saturated carbocycles. The number of aromatic nitrogens is 1. The summed E-state index contributed by atoms with van der Waals surface area (Å²) < 4.78 is 31.5. The van der Waals surface area contributed by atoms with Crippen LogP contribution in [0.25, 0.3) is 0 Å². The molecule has 0 aliphatic rings. The van der Waals surface area contributed by atoms with Crippen LogP contribution in [-0.4, -0.2) is 11.6 Å². The molecule has 0 aliphatic carbocycles. The summed E-state index contributed by atoms with van der Waals surface area (Å²) in [4.78, 5) is 4.10. The minimum Gasteiger partial charge on any atom is -0.476 e. The van der Waals surface area contributed by atoms with Gasteiger partial charge in [0.15, 0.2) is 0 Å². The van der Waals surface area contributed by atoms with Crippen LogP contribution in [-0.2, 0) is 0 Å². The van der Waals surface area contributed by atoms with E-state index in [9.17, 15) is 8.78 Å². The molecule has 2 aromatic rings. The Morgan fingerprint density at radius 2 is 2.05 bits per heavy atom. The average Bonchev–Trinajstić information content (AvgIpc) is 2.37. The van der Waals surface area contributed by atoms with Gasteiger partial charge in [0.05, 0.1) is 18.0 Å². The number of anilines is 3. The highest BCUT2D eigenvalue weighted by molar-refractivity contribution is 5.61. The van der Waals surface area contributed by atoms with Crippen LogP contribution in [0.2, 0.25) is 0 Å². The predicted octanol–water partition coefficient (Wildman–Crippen LogP) is 3.08. The van der Waals surface area contributed by atoms with Crippen molar-refractivity contribution in [2.75, 3.05) is 17.7 Å². The van der Waals surface area contributed by atoms with Crippen LogP contribution in [0, 0.1) is 11.6 Å². The van der Waals surface area contributed by atoms with Gasteiger partial charge in [-0.2, -0.15) is 4.98 Å². The van der Waals surface area contributed by atoms with E-state index in [2.05, 4.69) is 10.3 Å². The highest BCUT2D eigenvalue weighted by Gasteiger charge is 2.07. The average molecular weight is 265 g/mol. The van der Waals surface area contributed by atoms with Crippen LogP contribution in [0.4, 0.5) is 26.0 Å². The zero-order chi connectivity index (χ0) is 13.8. The third kappa shape index (κ3) is 3.09. The van der Waals surface area contributed by atoms with Crippen molar-refractivity contribution in [3.63, 3.8) is 0 Å². The van der Waals surface area contributed by atoms with Gasteiger partial charge in [0.1, 0.15) is 17.5 Å². The first kappa shape index (κ1) is 13.1. The first-order valence-corrected chi connectivity index (χ1v) is 5.71. The highest BCUT2D eigenvalue weighted by atomic mass is 19.1.